The van der Waals surface area contributed by atoms with Gasteiger partial charge in [-0.2, -0.15) is 13.2 Å². The number of rotatable bonds is 13. The maximum absolute atomic E-state index is 15.0. The van der Waals surface area contributed by atoms with E-state index in [2.05, 4.69) is 6.92 Å². The molecule has 0 bridgehead atoms. The van der Waals surface area contributed by atoms with Crippen molar-refractivity contribution in [3.63, 3.8) is 0 Å². The average Bonchev–Trinajstić information content (AvgIpc) is 2.97. The minimum atomic E-state index is -1.06. The van der Waals surface area contributed by atoms with E-state index in [1.54, 1.807) is 19.1 Å². The summed E-state index contributed by atoms with van der Waals surface area (Å²) in [5.74, 6) is -3.30. The summed E-state index contributed by atoms with van der Waals surface area (Å²) in [6.07, 6.45) is 14.4. The molecule has 0 radical (unpaired) electrons. The van der Waals surface area contributed by atoms with Crippen LogP contribution in [-0.2, 0) is 0 Å². The Labute approximate surface area is 235 Å². The first-order valence-electron chi connectivity index (χ1n) is 14.9. The van der Waals surface area contributed by atoms with Crippen LogP contribution in [0.5, 0.6) is 17.2 Å². The van der Waals surface area contributed by atoms with Crippen LogP contribution in [0.1, 0.15) is 89.5 Å². The van der Waals surface area contributed by atoms with Crippen molar-refractivity contribution in [2.45, 2.75) is 84.0 Å². The molecule has 2 aliphatic carbocycles. The molecule has 0 amide bonds. The quantitative estimate of drug-likeness (QED) is 0.138. The van der Waals surface area contributed by atoms with Crippen molar-refractivity contribution in [2.24, 2.45) is 17.8 Å². The Morgan fingerprint density at radius 3 is 1.68 bits per heavy atom. The fourth-order valence-electron chi connectivity index (χ4n) is 5.92. The van der Waals surface area contributed by atoms with Crippen molar-refractivity contribution in [2.75, 3.05) is 19.8 Å². The largest absolute Gasteiger partial charge is 0.491 e. The number of hydrogen-bond acceptors (Lipinski definition) is 3. The van der Waals surface area contributed by atoms with Crippen LogP contribution in [0, 0.1) is 41.0 Å². The highest BCUT2D eigenvalue weighted by Crippen LogP contribution is 2.40. The zero-order valence-corrected chi connectivity index (χ0v) is 23.7. The third-order valence-corrected chi connectivity index (χ3v) is 8.36. The summed E-state index contributed by atoms with van der Waals surface area (Å²) in [4.78, 5) is 0. The van der Waals surface area contributed by atoms with E-state index in [9.17, 15) is 13.2 Å². The molecule has 0 saturated heterocycles. The zero-order chi connectivity index (χ0) is 28.5. The van der Waals surface area contributed by atoms with Crippen LogP contribution in [0.4, 0.5) is 17.6 Å². The molecule has 1 fully saturated rings. The second kappa shape index (κ2) is 14.8. The van der Waals surface area contributed by atoms with Crippen molar-refractivity contribution >= 4 is 0 Å². The molecule has 220 valence electrons. The van der Waals surface area contributed by atoms with Crippen molar-refractivity contribution in [1.82, 2.24) is 0 Å². The highest BCUT2D eigenvalue weighted by Gasteiger charge is 2.27. The fourth-order valence-corrected chi connectivity index (χ4v) is 5.92. The van der Waals surface area contributed by atoms with E-state index in [1.165, 1.54) is 37.8 Å². The van der Waals surface area contributed by atoms with Crippen LogP contribution < -0.4 is 14.2 Å². The summed E-state index contributed by atoms with van der Waals surface area (Å²) in [6.45, 7) is 4.58. The normalized spacial score (nSPS) is 22.8. The zero-order valence-electron chi connectivity index (χ0n) is 23.7. The Kier molecular flexibility index (Phi) is 11.2. The van der Waals surface area contributed by atoms with E-state index >= 15 is 4.39 Å². The van der Waals surface area contributed by atoms with Crippen LogP contribution in [0.2, 0.25) is 0 Å². The van der Waals surface area contributed by atoms with Gasteiger partial charge in [-0.3, -0.25) is 0 Å². The van der Waals surface area contributed by atoms with E-state index in [-0.39, 0.29) is 54.8 Å². The number of ether oxygens (including phenoxy) is 3. The lowest BCUT2D eigenvalue weighted by Crippen LogP contribution is -2.20. The minimum Gasteiger partial charge on any atom is -0.491 e. The molecule has 0 spiro atoms. The van der Waals surface area contributed by atoms with Gasteiger partial charge in [0.1, 0.15) is 0 Å². The van der Waals surface area contributed by atoms with Gasteiger partial charge >= 0.3 is 0 Å². The van der Waals surface area contributed by atoms with E-state index in [0.717, 1.165) is 38.5 Å². The first kappa shape index (κ1) is 30.3. The summed E-state index contributed by atoms with van der Waals surface area (Å²) in [5, 5.41) is 0. The second-order valence-electron chi connectivity index (χ2n) is 11.2. The van der Waals surface area contributed by atoms with Crippen molar-refractivity contribution in [3.05, 3.63) is 65.2 Å². The maximum atomic E-state index is 15.0. The van der Waals surface area contributed by atoms with Crippen LogP contribution in [0.15, 0.2) is 36.4 Å². The Morgan fingerprint density at radius 1 is 0.625 bits per heavy atom. The highest BCUT2D eigenvalue weighted by atomic mass is 19.2. The molecule has 0 aromatic heterocycles. The summed E-state index contributed by atoms with van der Waals surface area (Å²) < 4.78 is 74.5. The molecule has 2 unspecified atom stereocenters. The number of hydrogen-bond donors (Lipinski definition) is 0. The molecule has 2 aromatic rings. The van der Waals surface area contributed by atoms with Crippen molar-refractivity contribution < 1.29 is 31.8 Å². The Morgan fingerprint density at radius 2 is 1.15 bits per heavy atom. The van der Waals surface area contributed by atoms with Gasteiger partial charge in [-0.1, -0.05) is 50.8 Å². The summed E-state index contributed by atoms with van der Waals surface area (Å²) in [7, 11) is 0. The van der Waals surface area contributed by atoms with Gasteiger partial charge in [-0.15, -0.1) is 0 Å². The second-order valence-corrected chi connectivity index (χ2v) is 11.2. The van der Waals surface area contributed by atoms with Gasteiger partial charge in [0.2, 0.25) is 17.5 Å². The predicted molar refractivity (Wildman–Crippen MR) is 149 cm³/mol. The van der Waals surface area contributed by atoms with Crippen molar-refractivity contribution in [1.29, 1.82) is 0 Å². The molecule has 1 saturated carbocycles. The molecule has 0 N–H and O–H groups in total. The molecule has 2 atom stereocenters. The van der Waals surface area contributed by atoms with E-state index in [0.29, 0.717) is 11.5 Å². The summed E-state index contributed by atoms with van der Waals surface area (Å²) >= 11 is 0. The van der Waals surface area contributed by atoms with Gasteiger partial charge in [-0.25, -0.2) is 4.39 Å². The highest BCUT2D eigenvalue weighted by molar-refractivity contribution is 5.35. The summed E-state index contributed by atoms with van der Waals surface area (Å²) in [6, 6.07) is 5.98. The molecular weight excluding hydrogens is 520 g/mol. The standard InChI is InChI=1S/C33H42F4O3/c1-3-5-6-7-22-12-14-25(15-13-22)26-16-17-28(31(35)30(26)34)39-20-23-8-10-24(11-9-23)21-40-29-19-18-27(38-4-2)32(36)33(29)37/h8,10,16-19,22-25H,3-7,9,11-15,20-21H2,1-2H3. The molecule has 4 rings (SSSR count). The number of benzene rings is 2. The third-order valence-electron chi connectivity index (χ3n) is 8.36. The first-order valence-corrected chi connectivity index (χ1v) is 14.9. The lowest BCUT2D eigenvalue weighted by molar-refractivity contribution is 0.215. The van der Waals surface area contributed by atoms with Crippen molar-refractivity contribution in [3.8, 4) is 17.2 Å². The number of unbranched alkanes of at least 4 members (excludes halogenated alkanes) is 2. The molecular formula is C33H42F4O3. The van der Waals surface area contributed by atoms with Crippen LogP contribution >= 0.6 is 0 Å². The Hall–Kier alpha value is -2.70. The Balaban J connectivity index is 1.24. The van der Waals surface area contributed by atoms with E-state index < -0.39 is 23.3 Å². The predicted octanol–water partition coefficient (Wildman–Crippen LogP) is 9.54. The molecule has 7 heteroatoms. The maximum Gasteiger partial charge on any atom is 0.204 e. The van der Waals surface area contributed by atoms with Crippen LogP contribution in [0.3, 0.4) is 0 Å². The minimum absolute atomic E-state index is 0.0282. The smallest absolute Gasteiger partial charge is 0.204 e. The molecule has 3 nitrogen and oxygen atoms in total. The average molecular weight is 563 g/mol. The Bertz CT molecular complexity index is 1130. The van der Waals surface area contributed by atoms with Gasteiger partial charge in [0.25, 0.3) is 0 Å². The van der Waals surface area contributed by atoms with Gasteiger partial charge in [0.15, 0.2) is 23.1 Å². The van der Waals surface area contributed by atoms with Crippen LogP contribution in [0.25, 0.3) is 0 Å². The van der Waals surface area contributed by atoms with Crippen LogP contribution in [-0.4, -0.2) is 19.8 Å². The SMILES string of the molecule is CCCCCC1CCC(c2ccc(OCC3C=CC(COc4ccc(OCC)c(F)c4F)CC3)c(F)c2F)CC1. The molecule has 2 aromatic carbocycles. The molecule has 2 aliphatic rings. The van der Waals surface area contributed by atoms with E-state index in [4.69, 9.17) is 14.2 Å². The molecule has 40 heavy (non-hydrogen) atoms. The lowest BCUT2D eigenvalue weighted by atomic mass is 9.77. The molecule has 0 aliphatic heterocycles. The van der Waals surface area contributed by atoms with Gasteiger partial charge in [-0.05, 0) is 81.0 Å². The topological polar surface area (TPSA) is 27.7 Å². The summed E-state index contributed by atoms with van der Waals surface area (Å²) in [5.41, 5.74) is 0.473. The monoisotopic (exact) mass is 562 g/mol. The first-order chi connectivity index (χ1) is 19.4. The van der Waals surface area contributed by atoms with E-state index in [1.807, 2.05) is 12.2 Å². The van der Waals surface area contributed by atoms with Gasteiger partial charge in [0.05, 0.1) is 19.8 Å². The number of halogens is 4. The lowest BCUT2D eigenvalue weighted by Gasteiger charge is -2.29. The molecule has 0 heterocycles. The van der Waals surface area contributed by atoms with Gasteiger partial charge in [0, 0.05) is 11.8 Å². The fraction of sp³-hybridized carbons (Fsp3) is 0.576. The van der Waals surface area contributed by atoms with Gasteiger partial charge < -0.3 is 14.2 Å². The third kappa shape index (κ3) is 7.73.